The fraction of sp³-hybridized carbons (Fsp3) is 0.333. The first-order valence-electron chi connectivity index (χ1n) is 4.90. The van der Waals surface area contributed by atoms with Gasteiger partial charge in [-0.1, -0.05) is 65.5 Å². The molecule has 0 saturated carbocycles. The summed E-state index contributed by atoms with van der Waals surface area (Å²) in [7, 11) is -1.02. The van der Waals surface area contributed by atoms with Gasteiger partial charge in [0.05, 0.1) is 8.07 Å². The zero-order valence-corrected chi connectivity index (χ0v) is 11.6. The van der Waals surface area contributed by atoms with Crippen LogP contribution in [0.1, 0.15) is 5.56 Å². The van der Waals surface area contributed by atoms with Gasteiger partial charge in [0.15, 0.2) is 0 Å². The van der Waals surface area contributed by atoms with Crippen LogP contribution in [-0.2, 0) is 6.42 Å². The van der Waals surface area contributed by atoms with Gasteiger partial charge in [-0.3, -0.25) is 0 Å². The highest BCUT2D eigenvalue weighted by molar-refractivity contribution is 9.10. The van der Waals surface area contributed by atoms with E-state index < -0.39 is 8.07 Å². The molecule has 14 heavy (non-hydrogen) atoms. The Morgan fingerprint density at radius 1 is 1.21 bits per heavy atom. The van der Waals surface area contributed by atoms with Crippen LogP contribution in [0, 0.1) is 0 Å². The molecule has 1 aromatic carbocycles. The maximum atomic E-state index is 3.55. The van der Waals surface area contributed by atoms with Gasteiger partial charge in [-0.05, 0) is 18.1 Å². The van der Waals surface area contributed by atoms with Crippen molar-refractivity contribution in [2.75, 3.05) is 0 Å². The summed E-state index contributed by atoms with van der Waals surface area (Å²) in [4.78, 5) is 0. The van der Waals surface area contributed by atoms with Crippen molar-refractivity contribution in [3.63, 3.8) is 0 Å². The molecule has 0 unspecified atom stereocenters. The summed E-state index contributed by atoms with van der Waals surface area (Å²) in [6.07, 6.45) is 3.33. The lowest BCUT2D eigenvalue weighted by molar-refractivity contribution is 1.25. The van der Waals surface area contributed by atoms with Crippen molar-refractivity contribution in [3.8, 4) is 0 Å². The topological polar surface area (TPSA) is 0 Å². The Morgan fingerprint density at radius 3 is 2.43 bits per heavy atom. The van der Waals surface area contributed by atoms with Crippen molar-refractivity contribution in [2.24, 2.45) is 0 Å². The number of allylic oxidation sites excluding steroid dienone is 1. The summed E-state index contributed by atoms with van der Waals surface area (Å²) in [5.74, 6) is 0. The summed E-state index contributed by atoms with van der Waals surface area (Å²) in [5, 5.41) is 0. The van der Waals surface area contributed by atoms with Gasteiger partial charge < -0.3 is 0 Å². The highest BCUT2D eigenvalue weighted by atomic mass is 79.9. The smallest absolute Gasteiger partial charge is 0.0683 e. The van der Waals surface area contributed by atoms with Gasteiger partial charge in [0.1, 0.15) is 0 Å². The van der Waals surface area contributed by atoms with Crippen LogP contribution in [-0.4, -0.2) is 8.07 Å². The van der Waals surface area contributed by atoms with Crippen LogP contribution in [0.4, 0.5) is 0 Å². The summed E-state index contributed by atoms with van der Waals surface area (Å²) in [5.41, 5.74) is 3.76. The monoisotopic (exact) mass is 268 g/mol. The van der Waals surface area contributed by atoms with Crippen molar-refractivity contribution >= 4 is 24.0 Å². The second-order valence-electron chi connectivity index (χ2n) is 4.56. The van der Waals surface area contributed by atoms with Crippen molar-refractivity contribution in [3.05, 3.63) is 46.1 Å². The van der Waals surface area contributed by atoms with E-state index in [0.29, 0.717) is 0 Å². The van der Waals surface area contributed by atoms with Crippen molar-refractivity contribution in [1.82, 2.24) is 0 Å². The number of hydrogen-bond donors (Lipinski definition) is 0. The molecule has 0 aliphatic carbocycles. The molecule has 0 N–H and O–H groups in total. The maximum Gasteiger partial charge on any atom is 0.0683 e. The quantitative estimate of drug-likeness (QED) is 0.712. The number of halogens is 1. The Morgan fingerprint density at radius 2 is 1.86 bits per heavy atom. The first kappa shape index (κ1) is 11.7. The van der Waals surface area contributed by atoms with E-state index in [1.54, 1.807) is 0 Å². The first-order valence-corrected chi connectivity index (χ1v) is 9.27. The molecule has 2 heteroatoms. The lowest BCUT2D eigenvalue weighted by atomic mass is 10.2. The van der Waals surface area contributed by atoms with Crippen LogP contribution >= 0.6 is 15.9 Å². The minimum atomic E-state index is -1.02. The molecule has 0 fully saturated rings. The number of benzene rings is 1. The van der Waals surface area contributed by atoms with Gasteiger partial charge in [0, 0.05) is 4.47 Å². The average molecular weight is 269 g/mol. The third kappa shape index (κ3) is 4.25. The maximum absolute atomic E-state index is 3.55. The van der Waals surface area contributed by atoms with Crippen LogP contribution in [0.5, 0.6) is 0 Å². The van der Waals surface area contributed by atoms with E-state index in [4.69, 9.17) is 0 Å². The van der Waals surface area contributed by atoms with Crippen molar-refractivity contribution in [2.45, 2.75) is 26.1 Å². The Labute approximate surface area is 96.2 Å². The minimum Gasteiger partial charge on any atom is -0.0986 e. The highest BCUT2D eigenvalue weighted by Crippen LogP contribution is 2.16. The van der Waals surface area contributed by atoms with Gasteiger partial charge >= 0.3 is 0 Å². The predicted octanol–water partition coefficient (Wildman–Crippen LogP) is 4.43. The molecule has 0 aromatic heterocycles. The van der Waals surface area contributed by atoms with Crippen LogP contribution in [0.25, 0.3) is 0 Å². The molecular formula is C12H17BrSi. The van der Waals surface area contributed by atoms with Crippen molar-refractivity contribution < 1.29 is 0 Å². The Bertz CT molecular complexity index is 323. The standard InChI is InChI=1S/C12H17BrSi/c1-14(2,3)10-6-8-11-7-4-5-9-12(11)13/h4-7,9-10H,8H2,1-3H3/b10-6+. The summed E-state index contributed by atoms with van der Waals surface area (Å²) >= 11 is 3.55. The average Bonchev–Trinajstić information content (AvgIpc) is 2.06. The molecule has 76 valence electrons. The number of rotatable bonds is 3. The van der Waals surface area contributed by atoms with Crippen LogP contribution < -0.4 is 0 Å². The fourth-order valence-corrected chi connectivity index (χ4v) is 2.47. The molecule has 0 radical (unpaired) electrons. The van der Waals surface area contributed by atoms with E-state index in [-0.39, 0.29) is 0 Å². The molecule has 1 aromatic rings. The molecule has 0 saturated heterocycles. The zero-order chi connectivity index (χ0) is 10.6. The molecule has 0 spiro atoms. The van der Waals surface area contributed by atoms with Crippen LogP contribution in [0.3, 0.4) is 0 Å². The molecule has 0 nitrogen and oxygen atoms in total. The minimum absolute atomic E-state index is 1.02. The summed E-state index contributed by atoms with van der Waals surface area (Å²) in [6.45, 7) is 7.05. The van der Waals surface area contributed by atoms with Gasteiger partial charge in [-0.15, -0.1) is 0 Å². The third-order valence-electron chi connectivity index (χ3n) is 1.91. The molecule has 0 atom stereocenters. The lowest BCUT2D eigenvalue weighted by Gasteiger charge is -2.08. The molecular weight excluding hydrogens is 252 g/mol. The molecule has 1 rings (SSSR count). The Balaban J connectivity index is 2.63. The van der Waals surface area contributed by atoms with Crippen LogP contribution in [0.2, 0.25) is 19.6 Å². The van der Waals surface area contributed by atoms with Gasteiger partial charge in [0.25, 0.3) is 0 Å². The van der Waals surface area contributed by atoms with Crippen LogP contribution in [0.15, 0.2) is 40.5 Å². The van der Waals surface area contributed by atoms with Gasteiger partial charge in [-0.25, -0.2) is 0 Å². The van der Waals surface area contributed by atoms with E-state index in [1.165, 1.54) is 10.0 Å². The van der Waals surface area contributed by atoms with E-state index in [0.717, 1.165) is 6.42 Å². The van der Waals surface area contributed by atoms with E-state index in [9.17, 15) is 0 Å². The van der Waals surface area contributed by atoms with E-state index in [2.05, 4.69) is 71.6 Å². The first-order chi connectivity index (χ1) is 6.49. The zero-order valence-electron chi connectivity index (χ0n) is 9.05. The summed E-state index contributed by atoms with van der Waals surface area (Å²) < 4.78 is 1.21. The Kier molecular flexibility index (Phi) is 4.14. The predicted molar refractivity (Wildman–Crippen MR) is 70.3 cm³/mol. The molecule has 0 amide bonds. The molecule has 0 bridgehead atoms. The van der Waals surface area contributed by atoms with E-state index in [1.807, 2.05) is 0 Å². The molecule has 0 aliphatic rings. The second kappa shape index (κ2) is 4.94. The Hall–Kier alpha value is -0.343. The molecule has 0 heterocycles. The largest absolute Gasteiger partial charge is 0.0986 e. The molecule has 0 aliphatic heterocycles. The second-order valence-corrected chi connectivity index (χ2v) is 10.5. The van der Waals surface area contributed by atoms with Gasteiger partial charge in [0.2, 0.25) is 0 Å². The SMILES string of the molecule is C[Si](C)(C)/C=C/Cc1ccccc1Br. The van der Waals surface area contributed by atoms with Crippen molar-refractivity contribution in [1.29, 1.82) is 0 Å². The fourth-order valence-electron chi connectivity index (χ4n) is 1.20. The number of hydrogen-bond acceptors (Lipinski definition) is 0. The summed E-state index contributed by atoms with van der Waals surface area (Å²) in [6, 6.07) is 8.40. The lowest BCUT2D eigenvalue weighted by Crippen LogP contribution is -2.15. The normalized spacial score (nSPS) is 12.3. The van der Waals surface area contributed by atoms with E-state index >= 15 is 0 Å². The highest BCUT2D eigenvalue weighted by Gasteiger charge is 2.06. The third-order valence-corrected chi connectivity index (χ3v) is 3.92. The van der Waals surface area contributed by atoms with Gasteiger partial charge in [-0.2, -0.15) is 0 Å².